The maximum absolute atomic E-state index is 13.7. The van der Waals surface area contributed by atoms with Crippen LogP contribution in [0.5, 0.6) is 11.5 Å². The summed E-state index contributed by atoms with van der Waals surface area (Å²) in [4.78, 5) is 33.5. The summed E-state index contributed by atoms with van der Waals surface area (Å²) in [6.45, 7) is 5.61. The molecule has 3 aliphatic rings. The first-order valence-corrected chi connectivity index (χ1v) is 12.0. The van der Waals surface area contributed by atoms with Gasteiger partial charge in [-0.1, -0.05) is 0 Å². The zero-order chi connectivity index (χ0) is 22.1. The number of allylic oxidation sites excluding steroid dienone is 1. The van der Waals surface area contributed by atoms with Crippen molar-refractivity contribution in [1.82, 2.24) is 4.90 Å². The van der Waals surface area contributed by atoms with Crippen LogP contribution in [0.3, 0.4) is 0 Å². The number of halogens is 1. The Morgan fingerprint density at radius 1 is 1.19 bits per heavy atom. The Bertz CT molecular complexity index is 963. The van der Waals surface area contributed by atoms with E-state index in [0.29, 0.717) is 34.5 Å². The number of ketones is 1. The Balaban J connectivity index is 1.86. The molecule has 1 N–H and O–H groups in total. The molecule has 0 bridgehead atoms. The molecule has 7 heteroatoms. The van der Waals surface area contributed by atoms with E-state index in [1.807, 2.05) is 24.8 Å². The topological polar surface area (TPSA) is 79.2 Å². The number of nitrogens with zero attached hydrogens (tertiary/aromatic N) is 2. The molecule has 1 aromatic rings. The van der Waals surface area contributed by atoms with Crippen molar-refractivity contribution in [2.24, 2.45) is 10.9 Å². The standard InChI is InChI=1S/C24H29BrN2O4/c1-3-31-19-13-15(12-16(25)23(19)29)21-20(24(30)27-10-5-4-6-11-27)14(2)26-17-8-7-9-18(28)22(17)21/h12-13,21-22,29H,3-11H2,1-2H3/t21-,22?/m1/s1. The molecular weight excluding hydrogens is 460 g/mol. The first kappa shape index (κ1) is 22.1. The molecular formula is C24H29BrN2O4. The Hall–Kier alpha value is -2.15. The smallest absolute Gasteiger partial charge is 0.252 e. The van der Waals surface area contributed by atoms with Gasteiger partial charge in [-0.15, -0.1) is 0 Å². The van der Waals surface area contributed by atoms with Crippen molar-refractivity contribution in [2.75, 3.05) is 19.7 Å². The van der Waals surface area contributed by atoms with Gasteiger partial charge in [-0.3, -0.25) is 14.6 Å². The lowest BCUT2D eigenvalue weighted by Gasteiger charge is -2.38. The third-order valence-corrected chi connectivity index (χ3v) is 7.10. The molecule has 1 saturated heterocycles. The summed E-state index contributed by atoms with van der Waals surface area (Å²) in [5.74, 6) is -0.381. The fourth-order valence-corrected chi connectivity index (χ4v) is 5.52. The zero-order valence-electron chi connectivity index (χ0n) is 18.1. The highest BCUT2D eigenvalue weighted by molar-refractivity contribution is 9.10. The Labute approximate surface area is 191 Å². The van der Waals surface area contributed by atoms with Crippen LogP contribution < -0.4 is 4.74 Å². The van der Waals surface area contributed by atoms with Gasteiger partial charge in [0.2, 0.25) is 0 Å². The van der Waals surface area contributed by atoms with Crippen LogP contribution in [0.25, 0.3) is 0 Å². The van der Waals surface area contributed by atoms with Crippen molar-refractivity contribution in [2.45, 2.75) is 58.3 Å². The zero-order valence-corrected chi connectivity index (χ0v) is 19.7. The van der Waals surface area contributed by atoms with Gasteiger partial charge in [0, 0.05) is 42.4 Å². The molecule has 1 aromatic carbocycles. The quantitative estimate of drug-likeness (QED) is 0.663. The highest BCUT2D eigenvalue weighted by Gasteiger charge is 2.44. The predicted molar refractivity (Wildman–Crippen MR) is 123 cm³/mol. The van der Waals surface area contributed by atoms with E-state index < -0.39 is 11.8 Å². The second-order valence-electron chi connectivity index (χ2n) is 8.51. The SMILES string of the molecule is CCOc1cc([C@@H]2C(C(=O)N3CCCCC3)=C(C)N=C3CCCC(=O)C32)cc(Br)c1O. The maximum Gasteiger partial charge on any atom is 0.252 e. The third-order valence-electron chi connectivity index (χ3n) is 6.49. The number of aliphatic imine (C=N–C) groups is 1. The van der Waals surface area contributed by atoms with E-state index in [4.69, 9.17) is 9.73 Å². The van der Waals surface area contributed by atoms with E-state index >= 15 is 0 Å². The van der Waals surface area contributed by atoms with Crippen molar-refractivity contribution in [1.29, 1.82) is 0 Å². The van der Waals surface area contributed by atoms with Crippen LogP contribution in [0, 0.1) is 5.92 Å². The average Bonchev–Trinajstić information content (AvgIpc) is 2.76. The number of hydrogen-bond acceptors (Lipinski definition) is 5. The molecule has 0 radical (unpaired) electrons. The number of carbonyl (C=O) groups excluding carboxylic acids is 2. The Kier molecular flexibility index (Phi) is 6.51. The van der Waals surface area contributed by atoms with E-state index in [-0.39, 0.29) is 17.4 Å². The average molecular weight is 489 g/mol. The number of hydrogen-bond donors (Lipinski definition) is 1. The highest BCUT2D eigenvalue weighted by Crippen LogP contribution is 2.47. The van der Waals surface area contributed by atoms with Gasteiger partial charge in [0.15, 0.2) is 11.5 Å². The Morgan fingerprint density at radius 3 is 2.65 bits per heavy atom. The summed E-state index contributed by atoms with van der Waals surface area (Å²) < 4.78 is 6.13. The molecule has 2 fully saturated rings. The van der Waals surface area contributed by atoms with E-state index in [2.05, 4.69) is 15.9 Å². The van der Waals surface area contributed by atoms with Gasteiger partial charge in [0.1, 0.15) is 5.78 Å². The van der Waals surface area contributed by atoms with Crippen LogP contribution in [0.4, 0.5) is 0 Å². The fraction of sp³-hybridized carbons (Fsp3) is 0.542. The van der Waals surface area contributed by atoms with E-state index in [0.717, 1.165) is 56.5 Å². The van der Waals surface area contributed by atoms with E-state index in [9.17, 15) is 14.7 Å². The summed E-state index contributed by atoms with van der Waals surface area (Å²) >= 11 is 3.43. The molecule has 2 atom stereocenters. The van der Waals surface area contributed by atoms with Crippen molar-refractivity contribution >= 4 is 33.3 Å². The summed E-state index contributed by atoms with van der Waals surface area (Å²) in [5.41, 5.74) is 2.96. The van der Waals surface area contributed by atoms with Crippen LogP contribution >= 0.6 is 15.9 Å². The summed E-state index contributed by atoms with van der Waals surface area (Å²) in [5, 5.41) is 10.4. The maximum atomic E-state index is 13.7. The van der Waals surface area contributed by atoms with Gasteiger partial charge in [-0.25, -0.2) is 0 Å². The van der Waals surface area contributed by atoms with Crippen LogP contribution in [-0.2, 0) is 9.59 Å². The third kappa shape index (κ3) is 4.16. The minimum Gasteiger partial charge on any atom is -0.503 e. The number of carbonyl (C=O) groups is 2. The summed E-state index contributed by atoms with van der Waals surface area (Å²) in [6, 6.07) is 3.58. The number of ether oxygens (including phenoxy) is 1. The van der Waals surface area contributed by atoms with E-state index in [1.165, 1.54) is 0 Å². The minimum atomic E-state index is -0.438. The number of amides is 1. The van der Waals surface area contributed by atoms with Crippen molar-refractivity contribution in [3.8, 4) is 11.5 Å². The van der Waals surface area contributed by atoms with Gasteiger partial charge in [0.25, 0.3) is 5.91 Å². The second-order valence-corrected chi connectivity index (χ2v) is 9.37. The summed E-state index contributed by atoms with van der Waals surface area (Å²) in [6.07, 6.45) is 5.21. The molecule has 0 spiro atoms. The molecule has 6 nitrogen and oxygen atoms in total. The van der Waals surface area contributed by atoms with Gasteiger partial charge < -0.3 is 14.7 Å². The van der Waals surface area contributed by atoms with Crippen molar-refractivity contribution in [3.05, 3.63) is 33.4 Å². The molecule has 2 heterocycles. The van der Waals surface area contributed by atoms with Gasteiger partial charge in [-0.2, -0.15) is 0 Å². The number of rotatable bonds is 4. The molecule has 1 amide bonds. The number of benzene rings is 1. The molecule has 2 aliphatic heterocycles. The molecule has 1 unspecified atom stereocenters. The largest absolute Gasteiger partial charge is 0.503 e. The van der Waals surface area contributed by atoms with Gasteiger partial charge >= 0.3 is 0 Å². The molecule has 1 saturated carbocycles. The van der Waals surface area contributed by atoms with Crippen molar-refractivity contribution in [3.63, 3.8) is 0 Å². The lowest BCUT2D eigenvalue weighted by Crippen LogP contribution is -2.43. The number of likely N-dealkylation sites (tertiary alicyclic amines) is 1. The number of phenolic OH excluding ortho intramolecular Hbond substituents is 1. The van der Waals surface area contributed by atoms with Crippen LogP contribution in [0.15, 0.2) is 32.9 Å². The summed E-state index contributed by atoms with van der Waals surface area (Å²) in [7, 11) is 0. The normalized spacial score (nSPS) is 24.0. The van der Waals surface area contributed by atoms with Gasteiger partial charge in [-0.05, 0) is 79.6 Å². The number of aromatic hydroxyl groups is 1. The highest BCUT2D eigenvalue weighted by atomic mass is 79.9. The fourth-order valence-electron chi connectivity index (χ4n) is 5.06. The Morgan fingerprint density at radius 2 is 1.94 bits per heavy atom. The van der Waals surface area contributed by atoms with Crippen LogP contribution in [0.2, 0.25) is 0 Å². The molecule has 1 aliphatic carbocycles. The lowest BCUT2D eigenvalue weighted by atomic mass is 9.69. The molecule has 31 heavy (non-hydrogen) atoms. The first-order chi connectivity index (χ1) is 14.9. The van der Waals surface area contributed by atoms with Gasteiger partial charge in [0.05, 0.1) is 17.0 Å². The van der Waals surface area contributed by atoms with Crippen LogP contribution in [-0.4, -0.2) is 47.1 Å². The van der Waals surface area contributed by atoms with Crippen LogP contribution in [0.1, 0.15) is 63.9 Å². The molecule has 4 rings (SSSR count). The molecule has 166 valence electrons. The number of fused-ring (bicyclic) bond motifs is 1. The first-order valence-electron chi connectivity index (χ1n) is 11.2. The minimum absolute atomic E-state index is 0.0227. The second kappa shape index (κ2) is 9.15. The van der Waals surface area contributed by atoms with Crippen molar-refractivity contribution < 1.29 is 19.4 Å². The number of piperidine rings is 1. The van der Waals surface area contributed by atoms with E-state index in [1.54, 1.807) is 6.07 Å². The lowest BCUT2D eigenvalue weighted by molar-refractivity contribution is -0.128. The monoisotopic (exact) mass is 488 g/mol. The number of Topliss-reactive ketones (excluding diaryl/α,β-unsaturated/α-hetero) is 1. The molecule has 0 aromatic heterocycles. The predicted octanol–water partition coefficient (Wildman–Crippen LogP) is 4.75. The number of phenols is 1.